The first kappa shape index (κ1) is 15.3. The van der Waals surface area contributed by atoms with Gasteiger partial charge in [0.15, 0.2) is 0 Å². The Morgan fingerprint density at radius 2 is 1.86 bits per heavy atom. The number of ether oxygens (including phenoxy) is 1. The highest BCUT2D eigenvalue weighted by molar-refractivity contribution is 5.98. The number of benzene rings is 2. The average molecular weight is 307 g/mol. The van der Waals surface area contributed by atoms with Crippen molar-refractivity contribution in [3.63, 3.8) is 0 Å². The number of fused-ring (bicyclic) bond motifs is 1. The van der Waals surface area contributed by atoms with Crippen molar-refractivity contribution in [3.05, 3.63) is 54.1 Å². The Hall–Kier alpha value is -2.08. The van der Waals surface area contributed by atoms with Crippen molar-refractivity contribution in [2.45, 2.75) is 12.5 Å². The lowest BCUT2D eigenvalue weighted by Gasteiger charge is -2.27. The third-order valence-corrected chi connectivity index (χ3v) is 3.22. The second-order valence-corrected chi connectivity index (χ2v) is 4.67. The van der Waals surface area contributed by atoms with Gasteiger partial charge < -0.3 is 10.5 Å². The van der Waals surface area contributed by atoms with Gasteiger partial charge in [0, 0.05) is 0 Å². The van der Waals surface area contributed by atoms with Gasteiger partial charge in [-0.1, -0.05) is 18.2 Å². The van der Waals surface area contributed by atoms with Crippen LogP contribution in [0.25, 0.3) is 0 Å². The Labute approximate surface area is 128 Å². The minimum Gasteiger partial charge on any atom is -0.457 e. The van der Waals surface area contributed by atoms with Crippen LogP contribution in [0.2, 0.25) is 0 Å². The van der Waals surface area contributed by atoms with Crippen LogP contribution in [0.3, 0.4) is 0 Å². The summed E-state index contributed by atoms with van der Waals surface area (Å²) in [5, 5.41) is 10.4. The first-order valence-electron chi connectivity index (χ1n) is 6.29. The van der Waals surface area contributed by atoms with Crippen molar-refractivity contribution in [1.82, 2.24) is 0 Å². The van der Waals surface area contributed by atoms with E-state index in [1.54, 1.807) is 18.2 Å². The zero-order valence-corrected chi connectivity index (χ0v) is 11.9. The summed E-state index contributed by atoms with van der Waals surface area (Å²) in [6.45, 7) is 0. The molecule has 0 spiro atoms. The summed E-state index contributed by atoms with van der Waals surface area (Å²) in [5.41, 5.74) is 6.94. The molecule has 5 nitrogen and oxygen atoms in total. The van der Waals surface area contributed by atoms with Crippen LogP contribution in [0.1, 0.15) is 5.56 Å². The van der Waals surface area contributed by atoms with Crippen molar-refractivity contribution in [3.8, 4) is 11.5 Å². The van der Waals surface area contributed by atoms with Crippen LogP contribution < -0.4 is 15.5 Å². The monoisotopic (exact) mass is 306 g/mol. The van der Waals surface area contributed by atoms with Gasteiger partial charge in [-0.15, -0.1) is 12.4 Å². The number of nitrogens with two attached hydrogens (primary N) is 1. The molecule has 2 aromatic carbocycles. The number of rotatable bonds is 2. The van der Waals surface area contributed by atoms with Gasteiger partial charge in [-0.3, -0.25) is 10.0 Å². The standard InChI is InChI=1S/C15H14N2O3.ClH/c16-13-9-10-8-12(20-11-4-2-1-3-5-11)6-7-14(10)17(19)15(13)18;/h1-8,13,19H,9,16H2;1H/t13-;/m0./s1. The zero-order chi connectivity index (χ0) is 14.1. The molecule has 1 atom stereocenters. The maximum atomic E-state index is 11.6. The van der Waals surface area contributed by atoms with Crippen LogP contribution in [-0.4, -0.2) is 17.2 Å². The Bertz CT molecular complexity index is 649. The summed E-state index contributed by atoms with van der Waals surface area (Å²) in [6.07, 6.45) is 0.386. The summed E-state index contributed by atoms with van der Waals surface area (Å²) in [5.74, 6) is 0.878. The molecular weight excluding hydrogens is 292 g/mol. The fourth-order valence-corrected chi connectivity index (χ4v) is 2.22. The van der Waals surface area contributed by atoms with Crippen LogP contribution in [0.4, 0.5) is 5.69 Å². The first-order chi connectivity index (χ1) is 9.65. The van der Waals surface area contributed by atoms with E-state index < -0.39 is 11.9 Å². The summed E-state index contributed by atoms with van der Waals surface area (Å²) < 4.78 is 5.72. The van der Waals surface area contributed by atoms with E-state index in [-0.39, 0.29) is 12.4 Å². The fourth-order valence-electron chi connectivity index (χ4n) is 2.22. The van der Waals surface area contributed by atoms with E-state index in [1.807, 2.05) is 30.3 Å². The molecule has 6 heteroatoms. The molecule has 3 N–H and O–H groups in total. The van der Waals surface area contributed by atoms with E-state index in [4.69, 9.17) is 10.5 Å². The third kappa shape index (κ3) is 3.00. The fraction of sp³-hybridized carbons (Fsp3) is 0.133. The lowest BCUT2D eigenvalue weighted by atomic mass is 9.99. The van der Waals surface area contributed by atoms with Crippen LogP contribution in [0, 0.1) is 0 Å². The molecule has 0 fully saturated rings. The molecule has 0 saturated heterocycles. The van der Waals surface area contributed by atoms with Crippen LogP contribution in [0.15, 0.2) is 48.5 Å². The molecule has 0 radical (unpaired) electrons. The largest absolute Gasteiger partial charge is 0.457 e. The number of amides is 1. The summed E-state index contributed by atoms with van der Waals surface area (Å²) in [7, 11) is 0. The number of hydrogen-bond donors (Lipinski definition) is 2. The van der Waals surface area contributed by atoms with Crippen molar-refractivity contribution >= 4 is 24.0 Å². The van der Waals surface area contributed by atoms with Gasteiger partial charge >= 0.3 is 0 Å². The molecule has 1 heterocycles. The highest BCUT2D eigenvalue weighted by atomic mass is 35.5. The van der Waals surface area contributed by atoms with Crippen molar-refractivity contribution < 1.29 is 14.7 Å². The van der Waals surface area contributed by atoms with E-state index in [2.05, 4.69) is 0 Å². The van der Waals surface area contributed by atoms with Gasteiger partial charge in [-0.2, -0.15) is 5.06 Å². The lowest BCUT2D eigenvalue weighted by Crippen LogP contribution is -2.47. The maximum Gasteiger partial charge on any atom is 0.267 e. The molecule has 2 aromatic rings. The van der Waals surface area contributed by atoms with Crippen molar-refractivity contribution in [1.29, 1.82) is 0 Å². The molecule has 0 aliphatic carbocycles. The molecule has 3 rings (SSSR count). The highest BCUT2D eigenvalue weighted by Crippen LogP contribution is 2.31. The van der Waals surface area contributed by atoms with E-state index >= 15 is 0 Å². The molecule has 110 valence electrons. The number of carbonyl (C=O) groups excluding carboxylic acids is 1. The molecule has 1 amide bonds. The number of carbonyl (C=O) groups is 1. The molecular formula is C15H15ClN2O3. The van der Waals surface area contributed by atoms with Crippen molar-refractivity contribution in [2.24, 2.45) is 5.73 Å². The number of halogens is 1. The normalized spacial score (nSPS) is 17.0. The number of anilines is 1. The van der Waals surface area contributed by atoms with Crippen LogP contribution in [-0.2, 0) is 11.2 Å². The van der Waals surface area contributed by atoms with Gasteiger partial charge in [-0.25, -0.2) is 0 Å². The predicted octanol–water partition coefficient (Wildman–Crippen LogP) is 2.51. The predicted molar refractivity (Wildman–Crippen MR) is 81.2 cm³/mol. The first-order valence-corrected chi connectivity index (χ1v) is 6.29. The zero-order valence-electron chi connectivity index (χ0n) is 11.1. The molecule has 21 heavy (non-hydrogen) atoms. The Morgan fingerprint density at radius 1 is 1.14 bits per heavy atom. The minimum atomic E-state index is -0.723. The van der Waals surface area contributed by atoms with Crippen molar-refractivity contribution in [2.75, 3.05) is 5.06 Å². The number of hydrogen-bond acceptors (Lipinski definition) is 4. The average Bonchev–Trinajstić information content (AvgIpc) is 2.46. The van der Waals surface area contributed by atoms with Gasteiger partial charge in [0.1, 0.15) is 11.5 Å². The Kier molecular flexibility index (Phi) is 4.47. The second kappa shape index (κ2) is 6.13. The second-order valence-electron chi connectivity index (χ2n) is 4.67. The summed E-state index contributed by atoms with van der Waals surface area (Å²) in [4.78, 5) is 11.6. The molecule has 0 saturated carbocycles. The van der Waals surface area contributed by atoms with Gasteiger partial charge in [-0.05, 0) is 42.3 Å². The maximum absolute atomic E-state index is 11.6. The van der Waals surface area contributed by atoms with Crippen LogP contribution in [0.5, 0.6) is 11.5 Å². The summed E-state index contributed by atoms with van der Waals surface area (Å²) in [6, 6.07) is 13.8. The van der Waals surface area contributed by atoms with Gasteiger partial charge in [0.2, 0.25) is 0 Å². The van der Waals surface area contributed by atoms with Crippen LogP contribution >= 0.6 is 12.4 Å². The molecule has 0 bridgehead atoms. The molecule has 1 aliphatic heterocycles. The number of para-hydroxylation sites is 1. The molecule has 1 aliphatic rings. The Morgan fingerprint density at radius 3 is 2.57 bits per heavy atom. The summed E-state index contributed by atoms with van der Waals surface area (Å²) >= 11 is 0. The van der Waals surface area contributed by atoms with E-state index in [0.29, 0.717) is 22.9 Å². The topological polar surface area (TPSA) is 75.8 Å². The van der Waals surface area contributed by atoms with Gasteiger partial charge in [0.25, 0.3) is 5.91 Å². The third-order valence-electron chi connectivity index (χ3n) is 3.22. The lowest BCUT2D eigenvalue weighted by molar-refractivity contribution is -0.125. The van der Waals surface area contributed by atoms with E-state index in [1.165, 1.54) is 0 Å². The molecule has 0 aromatic heterocycles. The highest BCUT2D eigenvalue weighted by Gasteiger charge is 2.29. The smallest absolute Gasteiger partial charge is 0.267 e. The quantitative estimate of drug-likeness (QED) is 0.836. The Balaban J connectivity index is 0.00000161. The molecule has 0 unspecified atom stereocenters. The van der Waals surface area contributed by atoms with E-state index in [9.17, 15) is 10.0 Å². The van der Waals surface area contributed by atoms with Gasteiger partial charge in [0.05, 0.1) is 11.7 Å². The minimum absolute atomic E-state index is 0. The van der Waals surface area contributed by atoms with E-state index in [0.717, 1.165) is 11.3 Å². The SMILES string of the molecule is Cl.N[C@H]1Cc2cc(Oc3ccccc3)ccc2N(O)C1=O. The number of hydroxylamine groups is 1. The number of nitrogens with zero attached hydrogens (tertiary/aromatic N) is 1.